The number of carbonyl (C=O) groups is 1. The molecule has 6 heteroatoms. The Morgan fingerprint density at radius 1 is 1.07 bits per heavy atom. The number of anilines is 1. The number of para-hydroxylation sites is 1. The van der Waals surface area contributed by atoms with E-state index in [1.54, 1.807) is 16.2 Å². The Kier molecular flexibility index (Phi) is 5.45. The normalized spacial score (nSPS) is 11.1. The molecule has 4 aromatic rings. The van der Waals surface area contributed by atoms with Crippen molar-refractivity contribution in [3.8, 4) is 0 Å². The van der Waals surface area contributed by atoms with Gasteiger partial charge in [-0.15, -0.1) is 0 Å². The Balaban J connectivity index is 1.63. The minimum Gasteiger partial charge on any atom is -0.361 e. The Labute approximate surface area is 174 Å². The van der Waals surface area contributed by atoms with E-state index in [-0.39, 0.29) is 5.91 Å². The number of thiazole rings is 1. The molecule has 148 valence electrons. The van der Waals surface area contributed by atoms with Crippen LogP contribution in [0.4, 0.5) is 5.13 Å². The number of amides is 1. The summed E-state index contributed by atoms with van der Waals surface area (Å²) in [5.41, 5.74) is 5.02. The minimum atomic E-state index is 0.0468. The number of hydrogen-bond acceptors (Lipinski definition) is 5. The van der Waals surface area contributed by atoms with Crippen molar-refractivity contribution in [2.45, 2.75) is 40.2 Å². The van der Waals surface area contributed by atoms with E-state index in [9.17, 15) is 4.79 Å². The number of fused-ring (bicyclic) bond motifs is 1. The van der Waals surface area contributed by atoms with Gasteiger partial charge in [-0.1, -0.05) is 59.0 Å². The molecule has 0 aliphatic rings. The molecule has 0 N–H and O–H groups in total. The Morgan fingerprint density at radius 3 is 2.55 bits per heavy atom. The molecule has 2 aromatic carbocycles. The van der Waals surface area contributed by atoms with Crippen LogP contribution in [-0.4, -0.2) is 16.0 Å². The molecule has 0 spiro atoms. The highest BCUT2D eigenvalue weighted by molar-refractivity contribution is 7.22. The van der Waals surface area contributed by atoms with Gasteiger partial charge in [-0.25, -0.2) is 4.98 Å². The molecule has 0 aliphatic heterocycles. The van der Waals surface area contributed by atoms with E-state index < -0.39 is 0 Å². The lowest BCUT2D eigenvalue weighted by Gasteiger charge is -2.20. The molecule has 29 heavy (non-hydrogen) atoms. The van der Waals surface area contributed by atoms with E-state index in [0.29, 0.717) is 19.4 Å². The van der Waals surface area contributed by atoms with Crippen LogP contribution in [0.25, 0.3) is 10.2 Å². The van der Waals surface area contributed by atoms with Gasteiger partial charge in [-0.3, -0.25) is 9.69 Å². The second kappa shape index (κ2) is 8.17. The van der Waals surface area contributed by atoms with Crippen LogP contribution in [0.1, 0.15) is 34.6 Å². The molecule has 0 saturated carbocycles. The van der Waals surface area contributed by atoms with Crippen LogP contribution in [0, 0.1) is 20.8 Å². The number of hydrogen-bond donors (Lipinski definition) is 0. The number of benzene rings is 2. The molecule has 2 aromatic heterocycles. The summed E-state index contributed by atoms with van der Waals surface area (Å²) in [6.45, 7) is 6.35. The SMILES string of the molecule is Cc1noc(C)c1CCC(=O)N(Cc1ccccc1)c1nc2c(C)cccc2s1. The summed E-state index contributed by atoms with van der Waals surface area (Å²) in [5, 5.41) is 4.73. The van der Waals surface area contributed by atoms with E-state index >= 15 is 0 Å². The van der Waals surface area contributed by atoms with Crippen molar-refractivity contribution in [2.75, 3.05) is 4.90 Å². The highest BCUT2D eigenvalue weighted by atomic mass is 32.1. The Hall–Kier alpha value is -2.99. The third-order valence-electron chi connectivity index (χ3n) is 5.09. The molecule has 5 nitrogen and oxygen atoms in total. The summed E-state index contributed by atoms with van der Waals surface area (Å²) in [6.07, 6.45) is 0.986. The van der Waals surface area contributed by atoms with Crippen molar-refractivity contribution in [3.05, 3.63) is 76.7 Å². The molecule has 0 bridgehead atoms. The topological polar surface area (TPSA) is 59.2 Å². The lowest BCUT2D eigenvalue weighted by atomic mass is 10.1. The number of carbonyl (C=O) groups excluding carboxylic acids is 1. The van der Waals surface area contributed by atoms with Crippen molar-refractivity contribution < 1.29 is 9.32 Å². The second-order valence-electron chi connectivity index (χ2n) is 7.19. The number of nitrogens with zero attached hydrogens (tertiary/aromatic N) is 3. The van der Waals surface area contributed by atoms with Crippen molar-refractivity contribution in [3.63, 3.8) is 0 Å². The van der Waals surface area contributed by atoms with E-state index in [1.165, 1.54) is 0 Å². The number of rotatable bonds is 6. The van der Waals surface area contributed by atoms with Crippen LogP contribution in [0.5, 0.6) is 0 Å². The lowest BCUT2D eigenvalue weighted by molar-refractivity contribution is -0.118. The average molecular weight is 406 g/mol. The zero-order chi connectivity index (χ0) is 20.4. The maximum absolute atomic E-state index is 13.3. The zero-order valence-corrected chi connectivity index (χ0v) is 17.6. The Bertz CT molecular complexity index is 1130. The van der Waals surface area contributed by atoms with Crippen LogP contribution >= 0.6 is 11.3 Å². The highest BCUT2D eigenvalue weighted by Crippen LogP contribution is 2.32. The molecule has 0 saturated heterocycles. The molecule has 2 heterocycles. The van der Waals surface area contributed by atoms with Gasteiger partial charge in [-0.05, 0) is 44.4 Å². The fourth-order valence-corrected chi connectivity index (χ4v) is 4.50. The maximum atomic E-state index is 13.3. The van der Waals surface area contributed by atoms with Crippen LogP contribution in [0.2, 0.25) is 0 Å². The molecule has 0 fully saturated rings. The zero-order valence-electron chi connectivity index (χ0n) is 16.8. The van der Waals surface area contributed by atoms with Crippen LogP contribution in [0.3, 0.4) is 0 Å². The molecule has 0 unspecified atom stereocenters. The van der Waals surface area contributed by atoms with Gasteiger partial charge in [0.25, 0.3) is 0 Å². The average Bonchev–Trinajstić information content (AvgIpc) is 3.29. The maximum Gasteiger partial charge on any atom is 0.229 e. The first-order valence-electron chi connectivity index (χ1n) is 9.65. The van der Waals surface area contributed by atoms with Crippen molar-refractivity contribution in [1.82, 2.24) is 10.1 Å². The third-order valence-corrected chi connectivity index (χ3v) is 6.14. The van der Waals surface area contributed by atoms with Crippen molar-refractivity contribution in [1.29, 1.82) is 0 Å². The molecule has 1 amide bonds. The van der Waals surface area contributed by atoms with Crippen molar-refractivity contribution >= 4 is 32.6 Å². The van der Waals surface area contributed by atoms with Crippen LogP contribution in [0.15, 0.2) is 53.1 Å². The fraction of sp³-hybridized carbons (Fsp3) is 0.261. The van der Waals surface area contributed by atoms with Gasteiger partial charge < -0.3 is 4.52 Å². The van der Waals surface area contributed by atoms with Gasteiger partial charge in [0.05, 0.1) is 22.5 Å². The van der Waals surface area contributed by atoms with Gasteiger partial charge in [-0.2, -0.15) is 0 Å². The molecule has 0 aliphatic carbocycles. The van der Waals surface area contributed by atoms with E-state index in [0.717, 1.165) is 43.5 Å². The van der Waals surface area contributed by atoms with Gasteiger partial charge in [0.15, 0.2) is 5.13 Å². The Morgan fingerprint density at radius 2 is 1.86 bits per heavy atom. The quantitative estimate of drug-likeness (QED) is 0.432. The van der Waals surface area contributed by atoms with Gasteiger partial charge >= 0.3 is 0 Å². The predicted molar refractivity (Wildman–Crippen MR) is 116 cm³/mol. The molecule has 4 rings (SSSR count). The summed E-state index contributed by atoms with van der Waals surface area (Å²) in [7, 11) is 0. The minimum absolute atomic E-state index is 0.0468. The predicted octanol–water partition coefficient (Wildman–Crippen LogP) is 5.38. The van der Waals surface area contributed by atoms with E-state index in [1.807, 2.05) is 63.2 Å². The monoisotopic (exact) mass is 405 g/mol. The molecule has 0 atom stereocenters. The summed E-state index contributed by atoms with van der Waals surface area (Å²) >= 11 is 1.56. The molecular weight excluding hydrogens is 382 g/mol. The molecule has 0 radical (unpaired) electrons. The summed E-state index contributed by atoms with van der Waals surface area (Å²) in [6, 6.07) is 16.2. The first-order valence-corrected chi connectivity index (χ1v) is 10.5. The van der Waals surface area contributed by atoms with Crippen LogP contribution < -0.4 is 4.90 Å². The van der Waals surface area contributed by atoms with Gasteiger partial charge in [0.2, 0.25) is 5.91 Å². The summed E-state index contributed by atoms with van der Waals surface area (Å²) < 4.78 is 6.33. The van der Waals surface area contributed by atoms with Gasteiger partial charge in [0, 0.05) is 12.0 Å². The fourth-order valence-electron chi connectivity index (χ4n) is 3.44. The summed E-state index contributed by atoms with van der Waals surface area (Å²) in [5.74, 6) is 0.825. The largest absolute Gasteiger partial charge is 0.361 e. The lowest BCUT2D eigenvalue weighted by Crippen LogP contribution is -2.30. The standard InChI is InChI=1S/C23H23N3O2S/c1-15-8-7-11-20-22(15)24-23(29-20)26(14-18-9-5-4-6-10-18)21(27)13-12-19-16(2)25-28-17(19)3/h4-11H,12-14H2,1-3H3. The van der Waals surface area contributed by atoms with E-state index in [2.05, 4.69) is 11.2 Å². The molecular formula is C23H23N3O2S. The second-order valence-corrected chi connectivity index (χ2v) is 8.20. The first kappa shape index (κ1) is 19.3. The van der Waals surface area contributed by atoms with Crippen LogP contribution in [-0.2, 0) is 17.8 Å². The highest BCUT2D eigenvalue weighted by Gasteiger charge is 2.22. The van der Waals surface area contributed by atoms with Crippen molar-refractivity contribution in [2.24, 2.45) is 0 Å². The van der Waals surface area contributed by atoms with E-state index in [4.69, 9.17) is 9.51 Å². The number of aromatic nitrogens is 2. The van der Waals surface area contributed by atoms with Gasteiger partial charge in [0.1, 0.15) is 5.76 Å². The third kappa shape index (κ3) is 4.07. The summed E-state index contributed by atoms with van der Waals surface area (Å²) in [4.78, 5) is 19.9. The first-order chi connectivity index (χ1) is 14.0. The smallest absolute Gasteiger partial charge is 0.229 e. The number of aryl methyl sites for hydroxylation is 3.